The molecule has 0 spiro atoms. The van der Waals surface area contributed by atoms with E-state index >= 15 is 0 Å². The van der Waals surface area contributed by atoms with Crippen LogP contribution >= 0.6 is 0 Å². The zero-order valence-corrected chi connectivity index (χ0v) is 13.1. The van der Waals surface area contributed by atoms with Gasteiger partial charge in [-0.1, -0.05) is 0 Å². The van der Waals surface area contributed by atoms with Crippen molar-refractivity contribution in [3.8, 4) is 0 Å². The molecule has 2 aliphatic heterocycles. The van der Waals surface area contributed by atoms with E-state index in [4.69, 9.17) is 14.0 Å². The molecule has 2 aliphatic rings. The molecular weight excluding hydrogens is 269 g/mol. The van der Waals surface area contributed by atoms with Gasteiger partial charge in [-0.15, -0.1) is 5.10 Å². The highest BCUT2D eigenvalue weighted by atomic mass is 16.7. The van der Waals surface area contributed by atoms with Crippen molar-refractivity contribution in [1.29, 1.82) is 0 Å². The van der Waals surface area contributed by atoms with E-state index in [1.807, 2.05) is 39.8 Å². The van der Waals surface area contributed by atoms with E-state index in [0.29, 0.717) is 5.59 Å². The average molecular weight is 291 g/mol. The van der Waals surface area contributed by atoms with Crippen LogP contribution in [-0.4, -0.2) is 54.8 Å². The summed E-state index contributed by atoms with van der Waals surface area (Å²) in [6, 6.07) is 3.90. The molecule has 2 saturated heterocycles. The van der Waals surface area contributed by atoms with Crippen molar-refractivity contribution < 1.29 is 14.0 Å². The van der Waals surface area contributed by atoms with Crippen molar-refractivity contribution in [2.24, 2.45) is 0 Å². The summed E-state index contributed by atoms with van der Waals surface area (Å²) in [5, 5.41) is 8.59. The molecule has 0 unspecified atom stereocenters. The lowest BCUT2D eigenvalue weighted by Crippen LogP contribution is -2.41. The molecule has 0 radical (unpaired) electrons. The number of nitrogens with zero attached hydrogens (tertiary/aromatic N) is 3. The molecule has 114 valence electrons. The Bertz CT molecular complexity index is 485. The number of morpholine rings is 1. The van der Waals surface area contributed by atoms with E-state index in [1.54, 1.807) is 0 Å². The fraction of sp³-hybridized carbons (Fsp3) is 0.714. The van der Waals surface area contributed by atoms with Gasteiger partial charge < -0.3 is 18.9 Å². The summed E-state index contributed by atoms with van der Waals surface area (Å²) in [5.74, 6) is 0.874. The third-order valence-corrected chi connectivity index (χ3v) is 4.50. The van der Waals surface area contributed by atoms with Crippen LogP contribution in [0, 0.1) is 0 Å². The number of anilines is 1. The average Bonchev–Trinajstić information content (AvgIpc) is 2.69. The second-order valence-electron chi connectivity index (χ2n) is 6.50. The van der Waals surface area contributed by atoms with E-state index in [2.05, 4.69) is 15.1 Å². The monoisotopic (exact) mass is 291 g/mol. The number of hydrogen-bond acceptors (Lipinski definition) is 6. The summed E-state index contributed by atoms with van der Waals surface area (Å²) < 4.78 is 17.3. The van der Waals surface area contributed by atoms with Gasteiger partial charge in [0.15, 0.2) is 5.82 Å². The van der Waals surface area contributed by atoms with E-state index in [1.165, 1.54) is 0 Å². The first kappa shape index (κ1) is 14.7. The van der Waals surface area contributed by atoms with Crippen LogP contribution in [0.3, 0.4) is 0 Å². The largest absolute Gasteiger partial charge is 0.516 e. The molecule has 2 fully saturated rings. The molecule has 7 heteroatoms. The van der Waals surface area contributed by atoms with Gasteiger partial charge in [0.25, 0.3) is 0 Å². The van der Waals surface area contributed by atoms with Crippen LogP contribution in [0.15, 0.2) is 12.1 Å². The molecule has 0 aliphatic carbocycles. The highest BCUT2D eigenvalue weighted by molar-refractivity contribution is 6.61. The Morgan fingerprint density at radius 3 is 2.14 bits per heavy atom. The lowest BCUT2D eigenvalue weighted by atomic mass is 9.85. The number of rotatable bonds is 2. The normalized spacial score (nSPS) is 24.4. The minimum atomic E-state index is -0.457. The minimum Gasteiger partial charge on any atom is -0.398 e. The molecular formula is C14H22BN3O3. The summed E-state index contributed by atoms with van der Waals surface area (Å²) >= 11 is 0. The van der Waals surface area contributed by atoms with E-state index < -0.39 is 7.12 Å². The molecule has 1 aromatic rings. The van der Waals surface area contributed by atoms with Gasteiger partial charge in [0.05, 0.1) is 30.0 Å². The van der Waals surface area contributed by atoms with Gasteiger partial charge in [0.1, 0.15) is 0 Å². The predicted octanol–water partition coefficient (Wildman–Crippen LogP) is 0.612. The van der Waals surface area contributed by atoms with Crippen molar-refractivity contribution in [2.45, 2.75) is 38.9 Å². The first-order valence-corrected chi connectivity index (χ1v) is 7.41. The Labute approximate surface area is 125 Å². The predicted molar refractivity (Wildman–Crippen MR) is 80.8 cm³/mol. The summed E-state index contributed by atoms with van der Waals surface area (Å²) in [4.78, 5) is 2.17. The molecule has 3 rings (SSSR count). The van der Waals surface area contributed by atoms with Gasteiger partial charge in [0.2, 0.25) is 0 Å². The van der Waals surface area contributed by atoms with Gasteiger partial charge in [-0.3, -0.25) is 0 Å². The van der Waals surface area contributed by atoms with Crippen LogP contribution in [-0.2, 0) is 14.0 Å². The maximum Gasteiger partial charge on any atom is 0.516 e. The standard InChI is InChI=1S/C14H22BN3O3/c1-13(2)14(3,4)21-15(20-13)11-5-6-12(17-16-11)18-7-9-19-10-8-18/h5-6H,7-10H2,1-4H3. The summed E-state index contributed by atoms with van der Waals surface area (Å²) in [7, 11) is -0.457. The van der Waals surface area contributed by atoms with Crippen molar-refractivity contribution in [2.75, 3.05) is 31.2 Å². The molecule has 0 atom stereocenters. The third-order valence-electron chi connectivity index (χ3n) is 4.50. The second kappa shape index (κ2) is 5.23. The van der Waals surface area contributed by atoms with Crippen LogP contribution in [0.2, 0.25) is 0 Å². The van der Waals surface area contributed by atoms with E-state index in [0.717, 1.165) is 32.1 Å². The summed E-state index contributed by atoms with van der Waals surface area (Å²) in [5.41, 5.74) is -0.00423. The first-order chi connectivity index (χ1) is 9.89. The molecule has 3 heterocycles. The van der Waals surface area contributed by atoms with Gasteiger partial charge in [-0.25, -0.2) is 0 Å². The fourth-order valence-corrected chi connectivity index (χ4v) is 2.39. The van der Waals surface area contributed by atoms with Crippen LogP contribution in [0.4, 0.5) is 5.82 Å². The van der Waals surface area contributed by atoms with Crippen LogP contribution < -0.4 is 10.5 Å². The molecule has 1 aromatic heterocycles. The topological polar surface area (TPSA) is 56.7 Å². The van der Waals surface area contributed by atoms with Crippen molar-refractivity contribution in [1.82, 2.24) is 10.2 Å². The molecule has 6 nitrogen and oxygen atoms in total. The number of ether oxygens (including phenoxy) is 1. The molecule has 21 heavy (non-hydrogen) atoms. The molecule has 0 amide bonds. The highest BCUT2D eigenvalue weighted by Crippen LogP contribution is 2.36. The van der Waals surface area contributed by atoms with Gasteiger partial charge in [0, 0.05) is 13.1 Å². The zero-order chi connectivity index (χ0) is 15.1. The van der Waals surface area contributed by atoms with Crippen molar-refractivity contribution >= 4 is 18.5 Å². The van der Waals surface area contributed by atoms with Gasteiger partial charge in [-0.05, 0) is 39.8 Å². The Morgan fingerprint density at radius 2 is 1.62 bits per heavy atom. The maximum atomic E-state index is 5.98. The number of aromatic nitrogens is 2. The quantitative estimate of drug-likeness (QED) is 0.744. The third kappa shape index (κ3) is 2.77. The Balaban J connectivity index is 1.73. The Hall–Kier alpha value is -1.18. The fourth-order valence-electron chi connectivity index (χ4n) is 2.39. The van der Waals surface area contributed by atoms with Gasteiger partial charge in [-0.2, -0.15) is 5.10 Å². The van der Waals surface area contributed by atoms with Crippen molar-refractivity contribution in [3.05, 3.63) is 12.1 Å². The zero-order valence-electron chi connectivity index (χ0n) is 13.1. The smallest absolute Gasteiger partial charge is 0.398 e. The molecule has 0 aromatic carbocycles. The summed E-state index contributed by atoms with van der Waals surface area (Å²) in [6.45, 7) is 11.3. The first-order valence-electron chi connectivity index (χ1n) is 7.41. The van der Waals surface area contributed by atoms with E-state index in [9.17, 15) is 0 Å². The highest BCUT2D eigenvalue weighted by Gasteiger charge is 2.52. The lowest BCUT2D eigenvalue weighted by Gasteiger charge is -2.32. The van der Waals surface area contributed by atoms with Crippen LogP contribution in [0.5, 0.6) is 0 Å². The second-order valence-corrected chi connectivity index (χ2v) is 6.50. The molecule has 0 bridgehead atoms. The molecule has 0 saturated carbocycles. The summed E-state index contributed by atoms with van der Waals surface area (Å²) in [6.07, 6.45) is 0. The van der Waals surface area contributed by atoms with Crippen LogP contribution in [0.25, 0.3) is 0 Å². The molecule has 0 N–H and O–H groups in total. The number of hydrogen-bond donors (Lipinski definition) is 0. The van der Waals surface area contributed by atoms with Crippen molar-refractivity contribution in [3.63, 3.8) is 0 Å². The maximum absolute atomic E-state index is 5.98. The van der Waals surface area contributed by atoms with Crippen LogP contribution in [0.1, 0.15) is 27.7 Å². The Morgan fingerprint density at radius 1 is 1.00 bits per heavy atom. The lowest BCUT2D eigenvalue weighted by molar-refractivity contribution is 0.00578. The van der Waals surface area contributed by atoms with E-state index in [-0.39, 0.29) is 11.2 Å². The minimum absolute atomic E-state index is 0.359. The Kier molecular flexibility index (Phi) is 3.67. The van der Waals surface area contributed by atoms with Gasteiger partial charge >= 0.3 is 7.12 Å². The SMILES string of the molecule is CC1(C)OB(c2ccc(N3CCOCC3)nn2)OC1(C)C.